The fourth-order valence-electron chi connectivity index (χ4n) is 2.36. The number of nitrogens with one attached hydrogen (secondary N) is 1. The second-order valence-electron chi connectivity index (χ2n) is 4.92. The Kier molecular flexibility index (Phi) is 5.21. The van der Waals surface area contributed by atoms with Crippen LogP contribution in [0.15, 0.2) is 30.3 Å². The first-order valence-corrected chi connectivity index (χ1v) is 6.87. The normalized spacial score (nSPS) is 15.8. The molecule has 1 saturated heterocycles. The Morgan fingerprint density at radius 3 is 2.61 bits per heavy atom. The molecule has 18 heavy (non-hydrogen) atoms. The molecule has 1 heterocycles. The van der Waals surface area contributed by atoms with Crippen LogP contribution in [0, 0.1) is 0 Å². The molecule has 0 aromatic heterocycles. The molecule has 1 aliphatic heterocycles. The molecule has 1 aliphatic rings. The van der Waals surface area contributed by atoms with E-state index in [2.05, 4.69) is 34.5 Å². The van der Waals surface area contributed by atoms with Crippen molar-refractivity contribution in [2.75, 3.05) is 26.2 Å². The largest absolute Gasteiger partial charge is 0.355 e. The number of aryl methyl sites for hydroxylation is 1. The van der Waals surface area contributed by atoms with E-state index in [1.165, 1.54) is 18.4 Å². The lowest BCUT2D eigenvalue weighted by atomic mass is 10.1. The molecule has 1 aromatic rings. The summed E-state index contributed by atoms with van der Waals surface area (Å²) in [4.78, 5) is 13.9. The molecule has 0 bridgehead atoms. The Morgan fingerprint density at radius 1 is 1.17 bits per heavy atom. The third kappa shape index (κ3) is 4.49. The number of likely N-dealkylation sites (tertiary alicyclic amines) is 1. The quantitative estimate of drug-likeness (QED) is 0.777. The van der Waals surface area contributed by atoms with Crippen LogP contribution >= 0.6 is 0 Å². The fraction of sp³-hybridized carbons (Fsp3) is 0.533. The lowest BCUT2D eigenvalue weighted by Gasteiger charge is -2.13. The van der Waals surface area contributed by atoms with Gasteiger partial charge in [0.1, 0.15) is 0 Å². The molecule has 0 atom stereocenters. The summed E-state index contributed by atoms with van der Waals surface area (Å²) in [5.74, 6) is 0.171. The van der Waals surface area contributed by atoms with E-state index < -0.39 is 0 Å². The molecular formula is C15H22N2O. The Morgan fingerprint density at radius 2 is 1.89 bits per heavy atom. The lowest BCUT2D eigenvalue weighted by Crippen LogP contribution is -2.36. The fourth-order valence-corrected chi connectivity index (χ4v) is 2.36. The van der Waals surface area contributed by atoms with Gasteiger partial charge in [0.2, 0.25) is 5.91 Å². The summed E-state index contributed by atoms with van der Waals surface area (Å²) < 4.78 is 0. The van der Waals surface area contributed by atoms with Crippen molar-refractivity contribution in [2.24, 2.45) is 0 Å². The SMILES string of the molecule is O=C(CN1CCCC1)NCCCc1ccccc1. The van der Waals surface area contributed by atoms with E-state index in [0.29, 0.717) is 6.54 Å². The van der Waals surface area contributed by atoms with Crippen molar-refractivity contribution in [2.45, 2.75) is 25.7 Å². The molecule has 1 amide bonds. The topological polar surface area (TPSA) is 32.3 Å². The van der Waals surface area contributed by atoms with Crippen LogP contribution in [0.3, 0.4) is 0 Å². The van der Waals surface area contributed by atoms with Gasteiger partial charge in [0, 0.05) is 6.54 Å². The Hall–Kier alpha value is -1.35. The highest BCUT2D eigenvalue weighted by Gasteiger charge is 2.14. The van der Waals surface area contributed by atoms with Crippen LogP contribution in [-0.4, -0.2) is 37.0 Å². The van der Waals surface area contributed by atoms with Crippen molar-refractivity contribution >= 4 is 5.91 Å². The number of carbonyl (C=O) groups excluding carboxylic acids is 1. The van der Waals surface area contributed by atoms with Crippen molar-refractivity contribution in [1.29, 1.82) is 0 Å². The van der Waals surface area contributed by atoms with Crippen LogP contribution in [0.4, 0.5) is 0 Å². The molecule has 1 aromatic carbocycles. The van der Waals surface area contributed by atoms with Gasteiger partial charge in [-0.1, -0.05) is 30.3 Å². The summed E-state index contributed by atoms with van der Waals surface area (Å²) in [5.41, 5.74) is 1.34. The first-order chi connectivity index (χ1) is 8.84. The van der Waals surface area contributed by atoms with E-state index in [1.54, 1.807) is 0 Å². The molecule has 3 nitrogen and oxygen atoms in total. The van der Waals surface area contributed by atoms with E-state index in [4.69, 9.17) is 0 Å². The van der Waals surface area contributed by atoms with Crippen LogP contribution in [-0.2, 0) is 11.2 Å². The first-order valence-electron chi connectivity index (χ1n) is 6.87. The van der Waals surface area contributed by atoms with Crippen LogP contribution in [0.25, 0.3) is 0 Å². The van der Waals surface area contributed by atoms with Gasteiger partial charge in [-0.05, 0) is 44.3 Å². The van der Waals surface area contributed by atoms with Gasteiger partial charge in [0.25, 0.3) is 0 Å². The molecule has 3 heteroatoms. The standard InChI is InChI=1S/C15H22N2O/c18-15(13-17-11-4-5-12-17)16-10-6-9-14-7-2-1-3-8-14/h1-3,7-8H,4-6,9-13H2,(H,16,18). The highest BCUT2D eigenvalue weighted by atomic mass is 16.2. The Balaban J connectivity index is 1.56. The number of hydrogen-bond donors (Lipinski definition) is 1. The number of carbonyl (C=O) groups is 1. The van der Waals surface area contributed by atoms with E-state index in [0.717, 1.165) is 32.5 Å². The lowest BCUT2D eigenvalue weighted by molar-refractivity contribution is -0.122. The van der Waals surface area contributed by atoms with Gasteiger partial charge >= 0.3 is 0 Å². The van der Waals surface area contributed by atoms with Gasteiger partial charge in [0.05, 0.1) is 6.54 Å². The smallest absolute Gasteiger partial charge is 0.234 e. The van der Waals surface area contributed by atoms with Crippen LogP contribution < -0.4 is 5.32 Å². The summed E-state index contributed by atoms with van der Waals surface area (Å²) in [6.45, 7) is 3.52. The van der Waals surface area contributed by atoms with Crippen molar-refractivity contribution < 1.29 is 4.79 Å². The molecule has 0 aliphatic carbocycles. The maximum Gasteiger partial charge on any atom is 0.234 e. The highest BCUT2D eigenvalue weighted by molar-refractivity contribution is 5.77. The molecule has 0 radical (unpaired) electrons. The van der Waals surface area contributed by atoms with Crippen LogP contribution in [0.5, 0.6) is 0 Å². The summed E-state index contributed by atoms with van der Waals surface area (Å²) in [7, 11) is 0. The van der Waals surface area contributed by atoms with Gasteiger partial charge in [-0.3, -0.25) is 9.69 Å². The molecule has 1 N–H and O–H groups in total. The summed E-state index contributed by atoms with van der Waals surface area (Å²) in [5, 5.41) is 3.00. The number of hydrogen-bond acceptors (Lipinski definition) is 2. The van der Waals surface area contributed by atoms with Gasteiger partial charge in [-0.25, -0.2) is 0 Å². The molecular weight excluding hydrogens is 224 g/mol. The maximum absolute atomic E-state index is 11.7. The maximum atomic E-state index is 11.7. The Labute approximate surface area is 109 Å². The van der Waals surface area contributed by atoms with Crippen LogP contribution in [0.1, 0.15) is 24.8 Å². The van der Waals surface area contributed by atoms with Crippen LogP contribution in [0.2, 0.25) is 0 Å². The molecule has 0 spiro atoms. The van der Waals surface area contributed by atoms with Crippen molar-refractivity contribution in [3.8, 4) is 0 Å². The zero-order valence-electron chi connectivity index (χ0n) is 10.9. The van der Waals surface area contributed by atoms with Gasteiger partial charge < -0.3 is 5.32 Å². The molecule has 1 fully saturated rings. The van der Waals surface area contributed by atoms with Gasteiger partial charge in [0.15, 0.2) is 0 Å². The number of rotatable bonds is 6. The summed E-state index contributed by atoms with van der Waals surface area (Å²) >= 11 is 0. The summed E-state index contributed by atoms with van der Waals surface area (Å²) in [6, 6.07) is 10.4. The monoisotopic (exact) mass is 246 g/mol. The van der Waals surface area contributed by atoms with E-state index >= 15 is 0 Å². The van der Waals surface area contributed by atoms with Crippen molar-refractivity contribution in [3.63, 3.8) is 0 Å². The van der Waals surface area contributed by atoms with Crippen molar-refractivity contribution in [1.82, 2.24) is 10.2 Å². The molecule has 0 saturated carbocycles. The van der Waals surface area contributed by atoms with E-state index in [9.17, 15) is 4.79 Å². The molecule has 0 unspecified atom stereocenters. The van der Waals surface area contributed by atoms with Gasteiger partial charge in [-0.2, -0.15) is 0 Å². The average Bonchev–Trinajstić information content (AvgIpc) is 2.89. The zero-order chi connectivity index (χ0) is 12.6. The first kappa shape index (κ1) is 13.1. The summed E-state index contributed by atoms with van der Waals surface area (Å²) in [6.07, 6.45) is 4.52. The zero-order valence-corrected chi connectivity index (χ0v) is 10.9. The second-order valence-corrected chi connectivity index (χ2v) is 4.92. The van der Waals surface area contributed by atoms with E-state index in [-0.39, 0.29) is 5.91 Å². The minimum Gasteiger partial charge on any atom is -0.355 e. The predicted octanol–water partition coefficient (Wildman–Crippen LogP) is 1.83. The van der Waals surface area contributed by atoms with Crippen molar-refractivity contribution in [3.05, 3.63) is 35.9 Å². The van der Waals surface area contributed by atoms with E-state index in [1.807, 2.05) is 6.07 Å². The molecule has 2 rings (SSSR count). The second kappa shape index (κ2) is 7.17. The third-order valence-electron chi connectivity index (χ3n) is 3.37. The molecule has 98 valence electrons. The minimum absolute atomic E-state index is 0.171. The minimum atomic E-state index is 0.171. The average molecular weight is 246 g/mol. The number of benzene rings is 1. The number of nitrogens with zero attached hydrogens (tertiary/aromatic N) is 1. The van der Waals surface area contributed by atoms with Gasteiger partial charge in [-0.15, -0.1) is 0 Å². The highest BCUT2D eigenvalue weighted by Crippen LogP contribution is 2.06. The number of amides is 1. The predicted molar refractivity (Wildman–Crippen MR) is 73.4 cm³/mol. The Bertz CT molecular complexity index is 358. The third-order valence-corrected chi connectivity index (χ3v) is 3.37.